The summed E-state index contributed by atoms with van der Waals surface area (Å²) in [4.78, 5) is 28.5. The fourth-order valence-corrected chi connectivity index (χ4v) is 7.45. The Morgan fingerprint density at radius 3 is 2.56 bits per heavy atom. The van der Waals surface area contributed by atoms with Crippen molar-refractivity contribution in [3.63, 3.8) is 0 Å². The number of nitrogens with one attached hydrogen (secondary N) is 2. The summed E-state index contributed by atoms with van der Waals surface area (Å²) < 4.78 is 39.5. The van der Waals surface area contributed by atoms with E-state index in [2.05, 4.69) is 21.9 Å². The van der Waals surface area contributed by atoms with Crippen LogP contribution in [0.2, 0.25) is 0 Å². The van der Waals surface area contributed by atoms with E-state index in [9.17, 15) is 18.0 Å². The van der Waals surface area contributed by atoms with E-state index in [0.717, 1.165) is 24.8 Å². The largest absolute Gasteiger partial charge is 0.494 e. The summed E-state index contributed by atoms with van der Waals surface area (Å²) in [6.45, 7) is 5.42. The maximum atomic E-state index is 13.9. The van der Waals surface area contributed by atoms with Crippen LogP contribution in [0.25, 0.3) is 0 Å². The molecule has 3 amide bonds. The molecule has 1 aliphatic carbocycles. The summed E-state index contributed by atoms with van der Waals surface area (Å²) in [5.74, 6) is 0.379. The molecule has 0 radical (unpaired) electrons. The molecular weight excluding hydrogens is 546 g/mol. The Balaban J connectivity index is 1.39. The van der Waals surface area contributed by atoms with Crippen molar-refractivity contribution in [2.24, 2.45) is 0 Å². The second kappa shape index (κ2) is 11.9. The number of anilines is 1. The molecule has 2 atom stereocenters. The van der Waals surface area contributed by atoms with Gasteiger partial charge in [0.25, 0.3) is 0 Å². The van der Waals surface area contributed by atoms with Crippen molar-refractivity contribution in [2.45, 2.75) is 57.0 Å². The molecule has 3 aromatic rings. The molecule has 1 aromatic heterocycles. The normalized spacial score (nSPS) is 19.3. The van der Waals surface area contributed by atoms with Crippen LogP contribution in [0.5, 0.6) is 5.75 Å². The number of nitrogens with zero attached hydrogens (tertiary/aromatic N) is 3. The van der Waals surface area contributed by atoms with E-state index < -0.39 is 28.0 Å². The molecule has 2 unspecified atom stereocenters. The lowest BCUT2D eigenvalue weighted by Crippen LogP contribution is -2.62. The van der Waals surface area contributed by atoms with E-state index in [1.807, 2.05) is 25.1 Å². The van der Waals surface area contributed by atoms with Crippen LogP contribution in [0.4, 0.5) is 10.5 Å². The first kappa shape index (κ1) is 28.6. The zero-order valence-electron chi connectivity index (χ0n) is 23.4. The van der Waals surface area contributed by atoms with Gasteiger partial charge in [0, 0.05) is 25.3 Å². The first-order chi connectivity index (χ1) is 19.7. The van der Waals surface area contributed by atoms with E-state index >= 15 is 0 Å². The third kappa shape index (κ3) is 5.94. The van der Waals surface area contributed by atoms with Crippen molar-refractivity contribution in [1.29, 1.82) is 0 Å². The molecule has 1 fully saturated rings. The first-order valence-corrected chi connectivity index (χ1v) is 15.2. The van der Waals surface area contributed by atoms with Gasteiger partial charge < -0.3 is 24.8 Å². The molecule has 2 aliphatic rings. The number of ether oxygens (including phenoxy) is 1. The highest BCUT2D eigenvalue weighted by Crippen LogP contribution is 2.31. The van der Waals surface area contributed by atoms with Crippen LogP contribution < -0.4 is 15.4 Å². The second-order valence-electron chi connectivity index (χ2n) is 10.3. The number of sulfonamides is 1. The van der Waals surface area contributed by atoms with E-state index in [1.165, 1.54) is 21.7 Å². The Morgan fingerprint density at radius 1 is 1.10 bits per heavy atom. The number of aromatic nitrogens is 1. The van der Waals surface area contributed by atoms with Crippen LogP contribution in [0.1, 0.15) is 48.4 Å². The van der Waals surface area contributed by atoms with Crippen LogP contribution >= 0.6 is 0 Å². The van der Waals surface area contributed by atoms with Crippen LogP contribution in [0.15, 0.2) is 57.9 Å². The van der Waals surface area contributed by atoms with Gasteiger partial charge in [0.2, 0.25) is 15.9 Å². The predicted octanol–water partition coefficient (Wildman–Crippen LogP) is 3.79. The van der Waals surface area contributed by atoms with Gasteiger partial charge in [0.15, 0.2) is 5.76 Å². The summed E-state index contributed by atoms with van der Waals surface area (Å²) in [6.07, 6.45) is 2.58. The Bertz CT molecular complexity index is 1500. The van der Waals surface area contributed by atoms with Crippen molar-refractivity contribution in [1.82, 2.24) is 19.7 Å². The summed E-state index contributed by atoms with van der Waals surface area (Å²) >= 11 is 0. The fraction of sp³-hybridized carbons (Fsp3) is 0.414. The zero-order valence-corrected chi connectivity index (χ0v) is 24.2. The second-order valence-corrected chi connectivity index (χ2v) is 12.1. The number of piperazine rings is 1. The van der Waals surface area contributed by atoms with E-state index in [1.54, 1.807) is 31.2 Å². The molecule has 1 aliphatic heterocycles. The highest BCUT2D eigenvalue weighted by molar-refractivity contribution is 7.89. The van der Waals surface area contributed by atoms with Gasteiger partial charge in [-0.1, -0.05) is 29.4 Å². The lowest BCUT2D eigenvalue weighted by atomic mass is 9.87. The lowest BCUT2D eigenvalue weighted by molar-refractivity contribution is -0.127. The van der Waals surface area contributed by atoms with Gasteiger partial charge in [-0.2, -0.15) is 4.31 Å². The number of carbonyl (C=O) groups is 2. The minimum Gasteiger partial charge on any atom is -0.494 e. The maximum Gasteiger partial charge on any atom is 0.321 e. The minimum absolute atomic E-state index is 0.0504. The Labute approximate surface area is 239 Å². The molecule has 1 saturated heterocycles. The van der Waals surface area contributed by atoms with Crippen molar-refractivity contribution in [3.05, 3.63) is 71.1 Å². The molecule has 0 saturated carbocycles. The van der Waals surface area contributed by atoms with Gasteiger partial charge in [-0.05, 0) is 75.4 Å². The van der Waals surface area contributed by atoms with Gasteiger partial charge in [-0.3, -0.25) is 4.79 Å². The van der Waals surface area contributed by atoms with E-state index in [0.29, 0.717) is 18.0 Å². The number of hydrogen-bond acceptors (Lipinski definition) is 7. The highest BCUT2D eigenvalue weighted by atomic mass is 32.2. The summed E-state index contributed by atoms with van der Waals surface area (Å²) in [6, 6.07) is 13.1. The van der Waals surface area contributed by atoms with Crippen LogP contribution in [-0.4, -0.2) is 67.0 Å². The number of urea groups is 1. The number of amides is 3. The van der Waals surface area contributed by atoms with Gasteiger partial charge in [0.05, 0.1) is 12.6 Å². The summed E-state index contributed by atoms with van der Waals surface area (Å²) in [5, 5.41) is 9.74. The number of hydrogen-bond donors (Lipinski definition) is 2. The van der Waals surface area contributed by atoms with Crippen LogP contribution in [0, 0.1) is 13.8 Å². The summed E-state index contributed by atoms with van der Waals surface area (Å²) in [7, 11) is -4.15. The standard InChI is InChI=1S/C29H35N5O6S/c1-4-39-23-14-12-22(13-15-23)30-29(36)33-16-17-34(41(37,38)27-19(2)32-40-20(27)3)26(18-33)28(35)31-25-11-7-9-21-8-5-6-10-24(21)25/h5-6,8,10,12-15,25-26H,4,7,9,11,16-18H2,1-3H3,(H,30,36)(H,31,35). The smallest absolute Gasteiger partial charge is 0.321 e. The molecule has 0 spiro atoms. The maximum absolute atomic E-state index is 13.9. The Morgan fingerprint density at radius 2 is 1.85 bits per heavy atom. The topological polar surface area (TPSA) is 134 Å². The molecule has 218 valence electrons. The third-order valence-corrected chi connectivity index (χ3v) is 9.71. The lowest BCUT2D eigenvalue weighted by Gasteiger charge is -2.40. The molecule has 0 bridgehead atoms. The Hall–Kier alpha value is -3.90. The van der Waals surface area contributed by atoms with Crippen LogP contribution in [-0.2, 0) is 21.2 Å². The monoisotopic (exact) mass is 581 g/mol. The predicted molar refractivity (Wildman–Crippen MR) is 152 cm³/mol. The quantitative estimate of drug-likeness (QED) is 0.434. The van der Waals surface area contributed by atoms with Gasteiger partial charge in [0.1, 0.15) is 22.4 Å². The molecule has 41 heavy (non-hydrogen) atoms. The highest BCUT2D eigenvalue weighted by Gasteiger charge is 2.44. The number of benzene rings is 2. The van der Waals surface area contributed by atoms with Crippen molar-refractivity contribution in [3.8, 4) is 5.75 Å². The average Bonchev–Trinajstić information content (AvgIpc) is 3.32. The molecule has 2 aromatic carbocycles. The molecule has 5 rings (SSSR count). The Kier molecular flexibility index (Phi) is 8.32. The average molecular weight is 582 g/mol. The third-order valence-electron chi connectivity index (χ3n) is 7.56. The van der Waals surface area contributed by atoms with Crippen LogP contribution in [0.3, 0.4) is 0 Å². The zero-order chi connectivity index (χ0) is 29.1. The first-order valence-electron chi connectivity index (χ1n) is 13.8. The van der Waals surface area contributed by atoms with Crippen molar-refractivity contribution in [2.75, 3.05) is 31.6 Å². The molecule has 11 nitrogen and oxygen atoms in total. The fourth-order valence-electron chi connectivity index (χ4n) is 5.59. The van der Waals surface area contributed by atoms with E-state index in [-0.39, 0.29) is 42.0 Å². The SMILES string of the molecule is CCOc1ccc(NC(=O)N2CCN(S(=O)(=O)c3c(C)noc3C)C(C(=O)NC3CCCc4ccccc43)C2)cc1. The summed E-state index contributed by atoms with van der Waals surface area (Å²) in [5.41, 5.74) is 2.99. The van der Waals surface area contributed by atoms with Crippen molar-refractivity contribution < 1.29 is 27.3 Å². The number of rotatable bonds is 7. The number of fused-ring (bicyclic) bond motifs is 1. The molecule has 2 N–H and O–H groups in total. The van der Waals surface area contributed by atoms with E-state index in [4.69, 9.17) is 9.26 Å². The van der Waals surface area contributed by atoms with Crippen molar-refractivity contribution >= 4 is 27.6 Å². The number of aryl methyl sites for hydroxylation is 3. The van der Waals surface area contributed by atoms with Gasteiger partial charge in [-0.15, -0.1) is 0 Å². The minimum atomic E-state index is -4.15. The molecular formula is C29H35N5O6S. The van der Waals surface area contributed by atoms with Gasteiger partial charge in [-0.25, -0.2) is 13.2 Å². The van der Waals surface area contributed by atoms with Gasteiger partial charge >= 0.3 is 6.03 Å². The molecule has 2 heterocycles. The number of carbonyl (C=O) groups excluding carboxylic acids is 2. The molecule has 12 heteroatoms.